The number of Topliss-reactive ketones (excluding diaryl/α,β-unsaturated/α-hetero) is 1. The quantitative estimate of drug-likeness (QED) is 0.118. The fourth-order valence-electron chi connectivity index (χ4n) is 4.90. The van der Waals surface area contributed by atoms with Crippen LogP contribution in [0.15, 0.2) is 71.8 Å². The molecule has 1 aliphatic heterocycles. The van der Waals surface area contributed by atoms with E-state index in [-0.39, 0.29) is 55.3 Å². The number of nitrogens with two attached hydrogens (primary N) is 1. The number of carbonyl (C=O) groups excluding carboxylic acids is 4. The Morgan fingerprint density at radius 1 is 0.979 bits per heavy atom. The van der Waals surface area contributed by atoms with Gasteiger partial charge in [0.15, 0.2) is 12.4 Å². The number of carbonyl (C=O) groups is 4. The van der Waals surface area contributed by atoms with E-state index in [1.165, 1.54) is 42.5 Å². The minimum atomic E-state index is -0.929. The smallest absolute Gasteiger partial charge is 0.338 e. The molecule has 10 nitrogen and oxygen atoms in total. The van der Waals surface area contributed by atoms with Crippen molar-refractivity contribution in [1.82, 2.24) is 4.98 Å². The molecule has 1 saturated heterocycles. The molecule has 1 aliphatic rings. The lowest BCUT2D eigenvalue weighted by Crippen LogP contribution is -2.31. The number of hydrogen-bond donors (Lipinski definition) is 1. The highest BCUT2D eigenvalue weighted by Gasteiger charge is 2.41. The summed E-state index contributed by atoms with van der Waals surface area (Å²) in [6.45, 7) is 1.47. The number of ether oxygens (including phenoxy) is 1. The highest BCUT2D eigenvalue weighted by Crippen LogP contribution is 2.40. The summed E-state index contributed by atoms with van der Waals surface area (Å²) in [5, 5.41) is 19.6. The van der Waals surface area contributed by atoms with Crippen molar-refractivity contribution in [2.75, 3.05) is 17.2 Å². The summed E-state index contributed by atoms with van der Waals surface area (Å²) in [7, 11) is 0. The van der Waals surface area contributed by atoms with Gasteiger partial charge in [-0.15, -0.1) is 0 Å². The van der Waals surface area contributed by atoms with Gasteiger partial charge in [-0.2, -0.15) is 10.5 Å². The number of rotatable bonds is 9. The van der Waals surface area contributed by atoms with E-state index in [1.807, 2.05) is 25.1 Å². The lowest BCUT2D eigenvalue weighted by molar-refractivity contribution is -0.121. The van der Waals surface area contributed by atoms with Crippen molar-refractivity contribution in [3.05, 3.63) is 105 Å². The number of ketones is 1. The summed E-state index contributed by atoms with van der Waals surface area (Å²) >= 11 is 12.7. The van der Waals surface area contributed by atoms with E-state index in [2.05, 4.69) is 11.1 Å². The van der Waals surface area contributed by atoms with Gasteiger partial charge in [0.1, 0.15) is 28.5 Å². The second-order valence-corrected chi connectivity index (χ2v) is 12.3. The number of aryl methyl sites for hydroxylation is 1. The van der Waals surface area contributed by atoms with Gasteiger partial charge in [0.05, 0.1) is 32.1 Å². The van der Waals surface area contributed by atoms with Gasteiger partial charge in [0.25, 0.3) is 0 Å². The first kappa shape index (κ1) is 33.2. The number of thioether (sulfide) groups is 1. The predicted molar refractivity (Wildman–Crippen MR) is 177 cm³/mol. The molecule has 13 heteroatoms. The van der Waals surface area contributed by atoms with Crippen molar-refractivity contribution in [3.8, 4) is 23.3 Å². The number of amides is 2. The number of esters is 1. The molecule has 0 aliphatic carbocycles. The van der Waals surface area contributed by atoms with Gasteiger partial charge in [-0.25, -0.2) is 14.7 Å². The zero-order valence-electron chi connectivity index (χ0n) is 24.6. The van der Waals surface area contributed by atoms with E-state index >= 15 is 0 Å². The second-order valence-electron chi connectivity index (χ2n) is 10.3. The molecular formula is C34H23Cl2N5O5S. The van der Waals surface area contributed by atoms with Crippen molar-refractivity contribution in [2.24, 2.45) is 0 Å². The molecule has 0 bridgehead atoms. The molecule has 0 radical (unpaired) electrons. The Bertz CT molecular complexity index is 2020. The number of anilines is 2. The fraction of sp³-hybridized carbons (Fsp3) is 0.147. The molecule has 2 heterocycles. The van der Waals surface area contributed by atoms with E-state index in [1.54, 1.807) is 12.1 Å². The summed E-state index contributed by atoms with van der Waals surface area (Å²) in [6.07, 6.45) is 0.622. The largest absolute Gasteiger partial charge is 0.454 e. The van der Waals surface area contributed by atoms with Crippen molar-refractivity contribution in [2.45, 2.75) is 30.0 Å². The number of imide groups is 1. The van der Waals surface area contributed by atoms with E-state index in [9.17, 15) is 29.7 Å². The molecular weight excluding hydrogens is 661 g/mol. The number of nitriles is 2. The van der Waals surface area contributed by atoms with Crippen molar-refractivity contribution in [1.29, 1.82) is 10.5 Å². The highest BCUT2D eigenvalue weighted by atomic mass is 35.5. The molecule has 1 aromatic heterocycles. The van der Waals surface area contributed by atoms with Gasteiger partial charge in [0, 0.05) is 17.5 Å². The Morgan fingerprint density at radius 2 is 1.64 bits per heavy atom. The van der Waals surface area contributed by atoms with Crippen LogP contribution in [-0.2, 0) is 20.7 Å². The van der Waals surface area contributed by atoms with E-state index < -0.39 is 35.4 Å². The van der Waals surface area contributed by atoms with E-state index in [4.69, 9.17) is 33.7 Å². The maximum atomic E-state index is 13.5. The highest BCUT2D eigenvalue weighted by molar-refractivity contribution is 8.00. The summed E-state index contributed by atoms with van der Waals surface area (Å²) in [4.78, 5) is 56.7. The van der Waals surface area contributed by atoms with Crippen LogP contribution in [0, 0.1) is 22.7 Å². The number of hydrogen-bond acceptors (Lipinski definition) is 10. The van der Waals surface area contributed by atoms with Gasteiger partial charge in [-0.1, -0.05) is 66.2 Å². The summed E-state index contributed by atoms with van der Waals surface area (Å²) in [5.41, 5.74) is 8.76. The maximum absolute atomic E-state index is 13.5. The third kappa shape index (κ3) is 6.83. The van der Waals surface area contributed by atoms with Crippen LogP contribution >= 0.6 is 35.0 Å². The Labute approximate surface area is 283 Å². The van der Waals surface area contributed by atoms with Crippen LogP contribution < -0.4 is 10.6 Å². The van der Waals surface area contributed by atoms with Gasteiger partial charge >= 0.3 is 5.97 Å². The lowest BCUT2D eigenvalue weighted by atomic mass is 9.96. The number of benzene rings is 3. The average Bonchev–Trinajstić information content (AvgIpc) is 3.36. The maximum Gasteiger partial charge on any atom is 0.338 e. The molecule has 4 aromatic rings. The molecule has 1 fully saturated rings. The number of nitrogen functional groups attached to an aromatic ring is 1. The number of halogens is 2. The molecule has 2 amide bonds. The SMILES string of the molecule is CCc1ccc(-c2c(C#N)c(N)nc(SC3CC(=O)N(c4ccc(C(=O)OCC(=O)c5ccc(Cl)c(Cl)c5)cc4)C3=O)c2C#N)cc1. The monoisotopic (exact) mass is 683 g/mol. The Hall–Kier alpha value is -5.20. The lowest BCUT2D eigenvalue weighted by Gasteiger charge is -2.17. The van der Waals surface area contributed by atoms with Gasteiger partial charge in [0.2, 0.25) is 11.8 Å². The van der Waals surface area contributed by atoms with Crippen LogP contribution in [0.3, 0.4) is 0 Å². The summed E-state index contributed by atoms with van der Waals surface area (Å²) in [6, 6.07) is 21.4. The van der Waals surface area contributed by atoms with Gasteiger partial charge in [-0.05, 0) is 60.0 Å². The summed E-state index contributed by atoms with van der Waals surface area (Å²) in [5.74, 6) is -2.41. The average molecular weight is 685 g/mol. The predicted octanol–water partition coefficient (Wildman–Crippen LogP) is 6.41. The van der Waals surface area contributed by atoms with E-state index in [0.717, 1.165) is 28.6 Å². The Morgan fingerprint density at radius 3 is 2.26 bits per heavy atom. The van der Waals surface area contributed by atoms with Crippen molar-refractivity contribution in [3.63, 3.8) is 0 Å². The van der Waals surface area contributed by atoms with Gasteiger partial charge in [-0.3, -0.25) is 14.4 Å². The van der Waals surface area contributed by atoms with Crippen LogP contribution in [0.25, 0.3) is 11.1 Å². The first-order chi connectivity index (χ1) is 22.6. The summed E-state index contributed by atoms with van der Waals surface area (Å²) < 4.78 is 5.13. The first-order valence-corrected chi connectivity index (χ1v) is 15.7. The van der Waals surface area contributed by atoms with Crippen LogP contribution in [0.4, 0.5) is 11.5 Å². The normalized spacial score (nSPS) is 14.1. The zero-order chi connectivity index (χ0) is 33.8. The van der Waals surface area contributed by atoms with Crippen LogP contribution in [0.5, 0.6) is 0 Å². The molecule has 47 heavy (non-hydrogen) atoms. The van der Waals surface area contributed by atoms with Crippen molar-refractivity contribution < 1.29 is 23.9 Å². The third-order valence-electron chi connectivity index (χ3n) is 7.36. The topological polar surface area (TPSA) is 167 Å². The third-order valence-corrected chi connectivity index (χ3v) is 9.27. The second kappa shape index (κ2) is 14.1. The molecule has 0 saturated carbocycles. The number of nitrogens with zero attached hydrogens (tertiary/aromatic N) is 4. The molecule has 5 rings (SSSR count). The molecule has 1 atom stereocenters. The molecule has 2 N–H and O–H groups in total. The molecule has 0 spiro atoms. The van der Waals surface area contributed by atoms with E-state index in [0.29, 0.717) is 11.1 Å². The Kier molecular flexibility index (Phi) is 9.92. The molecule has 1 unspecified atom stereocenters. The minimum absolute atomic E-state index is 0.0444. The number of aromatic nitrogens is 1. The molecule has 234 valence electrons. The van der Waals surface area contributed by atoms with Gasteiger partial charge < -0.3 is 10.5 Å². The van der Waals surface area contributed by atoms with Crippen LogP contribution in [0.2, 0.25) is 10.0 Å². The van der Waals surface area contributed by atoms with Crippen molar-refractivity contribution >= 4 is 70.0 Å². The molecule has 3 aromatic carbocycles. The zero-order valence-corrected chi connectivity index (χ0v) is 26.9. The Balaban J connectivity index is 1.32. The number of pyridine rings is 1. The first-order valence-electron chi connectivity index (χ1n) is 14.1. The fourth-order valence-corrected chi connectivity index (χ4v) is 6.31. The van der Waals surface area contributed by atoms with Crippen LogP contribution in [-0.4, -0.2) is 40.4 Å². The standard InChI is InChI=1S/C34H23Cl2N5O5S/c1-2-18-3-5-19(6-4-18)30-23(15-37)31(39)40-32(24(30)16-38)47-28-14-29(43)41(33(28)44)22-10-7-20(8-11-22)34(45)46-17-27(42)21-9-12-25(35)26(36)13-21/h3-13,28H,2,14,17H2,1H3,(H2,39,40). The van der Waals surface area contributed by atoms with Crippen LogP contribution in [0.1, 0.15) is 50.8 Å². The minimum Gasteiger partial charge on any atom is -0.454 e.